The first-order chi connectivity index (χ1) is 10.4. The van der Waals surface area contributed by atoms with Crippen molar-refractivity contribution in [3.8, 4) is 0 Å². The van der Waals surface area contributed by atoms with Crippen molar-refractivity contribution in [2.75, 3.05) is 7.05 Å². The fourth-order valence-electron chi connectivity index (χ4n) is 2.01. The highest BCUT2D eigenvalue weighted by Gasteiger charge is 2.14. The molecule has 0 radical (unpaired) electrons. The minimum atomic E-state index is -3.49. The van der Waals surface area contributed by atoms with Gasteiger partial charge in [0.05, 0.1) is 10.9 Å². The quantitative estimate of drug-likeness (QED) is 0.886. The molecular formula is C16H18N2O3S. The van der Waals surface area contributed by atoms with Crippen molar-refractivity contribution in [2.24, 2.45) is 0 Å². The largest absolute Gasteiger partial charge is 0.346 e. The van der Waals surface area contributed by atoms with E-state index in [9.17, 15) is 13.2 Å². The van der Waals surface area contributed by atoms with Crippen LogP contribution in [0.4, 0.5) is 0 Å². The molecule has 5 nitrogen and oxygen atoms in total. The van der Waals surface area contributed by atoms with E-state index in [0.29, 0.717) is 5.56 Å². The number of hydrogen-bond donors (Lipinski definition) is 2. The van der Waals surface area contributed by atoms with E-state index in [-0.39, 0.29) is 16.8 Å². The Kier molecular flexibility index (Phi) is 4.95. The van der Waals surface area contributed by atoms with Gasteiger partial charge in [-0.2, -0.15) is 0 Å². The molecule has 0 aliphatic rings. The summed E-state index contributed by atoms with van der Waals surface area (Å²) in [5, 5.41) is 2.88. The molecule has 2 aromatic rings. The molecule has 2 rings (SSSR count). The number of hydrogen-bond acceptors (Lipinski definition) is 3. The molecule has 1 amide bonds. The number of nitrogens with one attached hydrogen (secondary N) is 2. The Morgan fingerprint density at radius 3 is 2.14 bits per heavy atom. The maximum atomic E-state index is 12.2. The molecule has 0 heterocycles. The Balaban J connectivity index is 2.11. The predicted octanol–water partition coefficient (Wildman–Crippen LogP) is 2.09. The van der Waals surface area contributed by atoms with Gasteiger partial charge in [-0.05, 0) is 43.8 Å². The summed E-state index contributed by atoms with van der Waals surface area (Å²) in [4.78, 5) is 12.3. The van der Waals surface area contributed by atoms with Crippen LogP contribution in [-0.2, 0) is 10.0 Å². The molecule has 1 atom stereocenters. The van der Waals surface area contributed by atoms with Crippen LogP contribution in [0.15, 0.2) is 59.5 Å². The first kappa shape index (κ1) is 16.2. The van der Waals surface area contributed by atoms with E-state index in [1.807, 2.05) is 37.3 Å². The summed E-state index contributed by atoms with van der Waals surface area (Å²) < 4.78 is 25.5. The molecule has 116 valence electrons. The molecule has 2 N–H and O–H groups in total. The van der Waals surface area contributed by atoms with Gasteiger partial charge in [0.2, 0.25) is 10.0 Å². The van der Waals surface area contributed by atoms with Crippen LogP contribution in [-0.4, -0.2) is 21.4 Å². The van der Waals surface area contributed by atoms with Gasteiger partial charge >= 0.3 is 0 Å². The van der Waals surface area contributed by atoms with Crippen LogP contribution in [0.25, 0.3) is 0 Å². The Labute approximate surface area is 130 Å². The third-order valence-electron chi connectivity index (χ3n) is 3.34. The summed E-state index contributed by atoms with van der Waals surface area (Å²) in [6, 6.07) is 15.3. The summed E-state index contributed by atoms with van der Waals surface area (Å²) in [6.07, 6.45) is 0. The molecule has 0 unspecified atom stereocenters. The Morgan fingerprint density at radius 1 is 1.00 bits per heavy atom. The summed E-state index contributed by atoms with van der Waals surface area (Å²) >= 11 is 0. The topological polar surface area (TPSA) is 75.3 Å². The molecule has 0 saturated carbocycles. The summed E-state index contributed by atoms with van der Waals surface area (Å²) in [7, 11) is -2.14. The average Bonchev–Trinajstić information content (AvgIpc) is 2.55. The molecule has 2 aromatic carbocycles. The van der Waals surface area contributed by atoms with Crippen molar-refractivity contribution >= 4 is 15.9 Å². The zero-order chi connectivity index (χ0) is 16.2. The maximum Gasteiger partial charge on any atom is 0.251 e. The van der Waals surface area contributed by atoms with E-state index in [0.717, 1.165) is 5.56 Å². The van der Waals surface area contributed by atoms with Gasteiger partial charge in [0.1, 0.15) is 0 Å². The lowest BCUT2D eigenvalue weighted by Gasteiger charge is -2.14. The Bertz CT molecular complexity index is 741. The van der Waals surface area contributed by atoms with E-state index >= 15 is 0 Å². The lowest BCUT2D eigenvalue weighted by Crippen LogP contribution is -2.26. The van der Waals surface area contributed by atoms with Gasteiger partial charge in [0.25, 0.3) is 5.91 Å². The predicted molar refractivity (Wildman–Crippen MR) is 85.0 cm³/mol. The monoisotopic (exact) mass is 318 g/mol. The fraction of sp³-hybridized carbons (Fsp3) is 0.188. The smallest absolute Gasteiger partial charge is 0.251 e. The van der Waals surface area contributed by atoms with Gasteiger partial charge in [-0.1, -0.05) is 30.3 Å². The van der Waals surface area contributed by atoms with Crippen LogP contribution in [0.1, 0.15) is 28.9 Å². The summed E-state index contributed by atoms with van der Waals surface area (Å²) in [5.41, 5.74) is 1.42. The van der Waals surface area contributed by atoms with Gasteiger partial charge < -0.3 is 5.32 Å². The number of carbonyl (C=O) groups excluding carboxylic acids is 1. The van der Waals surface area contributed by atoms with Crippen molar-refractivity contribution in [1.82, 2.24) is 10.0 Å². The molecule has 0 aliphatic carbocycles. The van der Waals surface area contributed by atoms with Crippen molar-refractivity contribution in [3.05, 3.63) is 65.7 Å². The van der Waals surface area contributed by atoms with Crippen LogP contribution in [0, 0.1) is 0 Å². The normalized spacial score (nSPS) is 12.6. The van der Waals surface area contributed by atoms with E-state index in [1.165, 1.54) is 31.3 Å². The second kappa shape index (κ2) is 6.72. The summed E-state index contributed by atoms with van der Waals surface area (Å²) in [6.45, 7) is 1.90. The zero-order valence-electron chi connectivity index (χ0n) is 12.4. The van der Waals surface area contributed by atoms with Gasteiger partial charge in [0.15, 0.2) is 0 Å². The molecular weight excluding hydrogens is 300 g/mol. The molecule has 0 fully saturated rings. The van der Waals surface area contributed by atoms with Crippen LogP contribution < -0.4 is 10.0 Å². The summed E-state index contributed by atoms with van der Waals surface area (Å²) in [5.74, 6) is -0.246. The standard InChI is InChI=1S/C16H18N2O3S/c1-12(13-6-4-3-5-7-13)18-16(19)14-8-10-15(11-9-14)22(20,21)17-2/h3-12,17H,1-2H3,(H,18,19)/t12-/m0/s1. The van der Waals surface area contributed by atoms with Gasteiger partial charge in [-0.25, -0.2) is 13.1 Å². The highest BCUT2D eigenvalue weighted by Crippen LogP contribution is 2.14. The van der Waals surface area contributed by atoms with E-state index in [4.69, 9.17) is 0 Å². The lowest BCUT2D eigenvalue weighted by molar-refractivity contribution is 0.0940. The minimum Gasteiger partial charge on any atom is -0.346 e. The molecule has 6 heteroatoms. The first-order valence-electron chi connectivity index (χ1n) is 6.83. The van der Waals surface area contributed by atoms with E-state index < -0.39 is 10.0 Å². The van der Waals surface area contributed by atoms with Gasteiger partial charge in [0, 0.05) is 5.56 Å². The number of amides is 1. The van der Waals surface area contributed by atoms with Crippen LogP contribution in [0.5, 0.6) is 0 Å². The fourth-order valence-corrected chi connectivity index (χ4v) is 2.74. The highest BCUT2D eigenvalue weighted by molar-refractivity contribution is 7.89. The first-order valence-corrected chi connectivity index (χ1v) is 8.32. The second-order valence-electron chi connectivity index (χ2n) is 4.84. The third-order valence-corrected chi connectivity index (χ3v) is 4.77. The molecule has 22 heavy (non-hydrogen) atoms. The van der Waals surface area contributed by atoms with Crippen LogP contribution >= 0.6 is 0 Å². The van der Waals surface area contributed by atoms with Crippen molar-refractivity contribution in [2.45, 2.75) is 17.9 Å². The highest BCUT2D eigenvalue weighted by atomic mass is 32.2. The molecule has 0 saturated heterocycles. The van der Waals surface area contributed by atoms with Crippen molar-refractivity contribution in [1.29, 1.82) is 0 Å². The number of rotatable bonds is 5. The maximum absolute atomic E-state index is 12.2. The van der Waals surface area contributed by atoms with E-state index in [1.54, 1.807) is 0 Å². The molecule has 0 bridgehead atoms. The van der Waals surface area contributed by atoms with Gasteiger partial charge in [-0.3, -0.25) is 4.79 Å². The molecule has 0 aromatic heterocycles. The van der Waals surface area contributed by atoms with Crippen molar-refractivity contribution in [3.63, 3.8) is 0 Å². The SMILES string of the molecule is CNS(=O)(=O)c1ccc(C(=O)N[C@@H](C)c2ccccc2)cc1. The zero-order valence-corrected chi connectivity index (χ0v) is 13.2. The van der Waals surface area contributed by atoms with Crippen LogP contribution in [0.3, 0.4) is 0 Å². The van der Waals surface area contributed by atoms with Crippen molar-refractivity contribution < 1.29 is 13.2 Å². The lowest BCUT2D eigenvalue weighted by atomic mass is 10.1. The average molecular weight is 318 g/mol. The Morgan fingerprint density at radius 2 is 1.59 bits per heavy atom. The van der Waals surface area contributed by atoms with E-state index in [2.05, 4.69) is 10.0 Å². The molecule has 0 aliphatic heterocycles. The third kappa shape index (κ3) is 3.72. The Hall–Kier alpha value is -2.18. The number of sulfonamides is 1. The van der Waals surface area contributed by atoms with Gasteiger partial charge in [-0.15, -0.1) is 0 Å². The number of benzene rings is 2. The van der Waals surface area contributed by atoms with Crippen LogP contribution in [0.2, 0.25) is 0 Å². The number of carbonyl (C=O) groups is 1. The molecule has 0 spiro atoms. The minimum absolute atomic E-state index is 0.127. The second-order valence-corrected chi connectivity index (χ2v) is 6.72.